The molecule has 2 heterocycles. The number of fused-ring (bicyclic) bond motifs is 1. The average Bonchev–Trinajstić information content (AvgIpc) is 3.21. The summed E-state index contributed by atoms with van der Waals surface area (Å²) >= 11 is 0. The average molecular weight is 358 g/mol. The first kappa shape index (κ1) is 17.3. The molecule has 0 saturated heterocycles. The van der Waals surface area contributed by atoms with Gasteiger partial charge in [-0.05, 0) is 35.7 Å². The summed E-state index contributed by atoms with van der Waals surface area (Å²) in [6.45, 7) is 3.19. The van der Waals surface area contributed by atoms with E-state index >= 15 is 0 Å². The zero-order chi connectivity index (χ0) is 18.6. The van der Waals surface area contributed by atoms with Gasteiger partial charge in [0, 0.05) is 25.4 Å². The number of benzene rings is 2. The largest absolute Gasteiger partial charge is 0.492 e. The summed E-state index contributed by atoms with van der Waals surface area (Å²) in [5, 5.41) is 0. The highest BCUT2D eigenvalue weighted by Crippen LogP contribution is 2.33. The molecule has 4 nitrogen and oxygen atoms in total. The van der Waals surface area contributed by atoms with Gasteiger partial charge in [-0.3, -0.25) is 9.78 Å². The van der Waals surface area contributed by atoms with Gasteiger partial charge in [-0.1, -0.05) is 48.5 Å². The lowest BCUT2D eigenvalue weighted by atomic mass is 10.0. The van der Waals surface area contributed by atoms with E-state index in [-0.39, 0.29) is 11.9 Å². The quantitative estimate of drug-likeness (QED) is 0.678. The van der Waals surface area contributed by atoms with Crippen molar-refractivity contribution in [1.29, 1.82) is 0 Å². The molecule has 136 valence electrons. The number of hydrogen-bond acceptors (Lipinski definition) is 3. The fourth-order valence-corrected chi connectivity index (χ4v) is 3.52. The maximum absolute atomic E-state index is 13.5. The van der Waals surface area contributed by atoms with Gasteiger partial charge in [0.2, 0.25) is 0 Å². The molecule has 1 atom stereocenters. The highest BCUT2D eigenvalue weighted by molar-refractivity contribution is 5.97. The second kappa shape index (κ2) is 7.62. The van der Waals surface area contributed by atoms with E-state index < -0.39 is 0 Å². The van der Waals surface area contributed by atoms with Crippen LogP contribution in [0.4, 0.5) is 0 Å². The number of ether oxygens (including phenoxy) is 1. The molecule has 0 saturated carbocycles. The molecule has 0 spiro atoms. The smallest absolute Gasteiger partial charge is 0.258 e. The van der Waals surface area contributed by atoms with Crippen molar-refractivity contribution in [3.63, 3.8) is 0 Å². The number of aromatic nitrogens is 1. The SMILES string of the molecule is C[C@H](c1ccccc1)N(Cc1cccnc1)C(=O)c1cccc2c1OCC2. The highest BCUT2D eigenvalue weighted by atomic mass is 16.5. The van der Waals surface area contributed by atoms with Crippen LogP contribution in [-0.2, 0) is 13.0 Å². The molecule has 27 heavy (non-hydrogen) atoms. The number of hydrogen-bond donors (Lipinski definition) is 0. The molecule has 2 aromatic carbocycles. The third kappa shape index (κ3) is 3.56. The van der Waals surface area contributed by atoms with E-state index in [1.165, 1.54) is 0 Å². The maximum atomic E-state index is 13.5. The number of para-hydroxylation sites is 1. The molecule has 0 radical (unpaired) electrons. The molecule has 0 fully saturated rings. The first-order chi connectivity index (χ1) is 13.2. The van der Waals surface area contributed by atoms with Crippen LogP contribution in [0.15, 0.2) is 73.1 Å². The Balaban J connectivity index is 1.71. The minimum atomic E-state index is -0.0730. The Labute approximate surface area is 159 Å². The summed E-state index contributed by atoms with van der Waals surface area (Å²) in [6, 6.07) is 19.8. The van der Waals surface area contributed by atoms with Gasteiger partial charge >= 0.3 is 0 Å². The normalized spacial score (nSPS) is 13.5. The van der Waals surface area contributed by atoms with E-state index in [1.54, 1.807) is 6.20 Å². The number of rotatable bonds is 5. The third-order valence-electron chi connectivity index (χ3n) is 5.03. The summed E-state index contributed by atoms with van der Waals surface area (Å²) in [6.07, 6.45) is 4.41. The molecule has 1 amide bonds. The number of carbonyl (C=O) groups is 1. The van der Waals surface area contributed by atoms with Crippen molar-refractivity contribution >= 4 is 5.91 Å². The van der Waals surface area contributed by atoms with Crippen LogP contribution in [0.2, 0.25) is 0 Å². The predicted octanol–water partition coefficient (Wildman–Crippen LogP) is 4.42. The predicted molar refractivity (Wildman–Crippen MR) is 105 cm³/mol. The van der Waals surface area contributed by atoms with Crippen LogP contribution in [0.1, 0.15) is 40.0 Å². The molecule has 1 aliphatic rings. The van der Waals surface area contributed by atoms with E-state index in [4.69, 9.17) is 4.74 Å². The zero-order valence-electron chi connectivity index (χ0n) is 15.3. The molecular weight excluding hydrogens is 336 g/mol. The van der Waals surface area contributed by atoms with Crippen molar-refractivity contribution in [2.45, 2.75) is 25.9 Å². The molecule has 1 aromatic heterocycles. The van der Waals surface area contributed by atoms with Gasteiger partial charge in [-0.25, -0.2) is 0 Å². The lowest BCUT2D eigenvalue weighted by Crippen LogP contribution is -2.33. The van der Waals surface area contributed by atoms with Crippen LogP contribution in [0.5, 0.6) is 5.75 Å². The van der Waals surface area contributed by atoms with Crippen LogP contribution in [0, 0.1) is 0 Å². The molecule has 0 aliphatic carbocycles. The van der Waals surface area contributed by atoms with Crippen LogP contribution < -0.4 is 4.74 Å². The van der Waals surface area contributed by atoms with E-state index in [1.807, 2.05) is 59.6 Å². The van der Waals surface area contributed by atoms with Gasteiger partial charge in [0.1, 0.15) is 5.75 Å². The highest BCUT2D eigenvalue weighted by Gasteiger charge is 2.28. The first-order valence-corrected chi connectivity index (χ1v) is 9.23. The first-order valence-electron chi connectivity index (χ1n) is 9.23. The standard InChI is InChI=1S/C23H22N2O2/c1-17(19-8-3-2-4-9-19)25(16-18-7-6-13-24-15-18)23(26)21-11-5-10-20-12-14-27-22(20)21/h2-11,13,15,17H,12,14,16H2,1H3/t17-/m1/s1. The zero-order valence-corrected chi connectivity index (χ0v) is 15.3. The summed E-state index contributed by atoms with van der Waals surface area (Å²) in [5.74, 6) is 0.716. The number of pyridine rings is 1. The molecule has 1 aliphatic heterocycles. The van der Waals surface area contributed by atoms with Crippen LogP contribution in [-0.4, -0.2) is 22.4 Å². The van der Waals surface area contributed by atoms with Gasteiger partial charge < -0.3 is 9.64 Å². The molecule has 0 bridgehead atoms. The second-order valence-electron chi connectivity index (χ2n) is 6.77. The number of amides is 1. The summed E-state index contributed by atoms with van der Waals surface area (Å²) < 4.78 is 5.78. The van der Waals surface area contributed by atoms with Crippen molar-refractivity contribution in [1.82, 2.24) is 9.88 Å². The van der Waals surface area contributed by atoms with Gasteiger partial charge in [0.05, 0.1) is 18.2 Å². The number of nitrogens with zero attached hydrogens (tertiary/aromatic N) is 2. The topological polar surface area (TPSA) is 42.4 Å². The Morgan fingerprint density at radius 3 is 2.74 bits per heavy atom. The van der Waals surface area contributed by atoms with E-state index in [0.29, 0.717) is 18.7 Å². The van der Waals surface area contributed by atoms with Gasteiger partial charge in [-0.15, -0.1) is 0 Å². The Morgan fingerprint density at radius 1 is 1.11 bits per heavy atom. The van der Waals surface area contributed by atoms with E-state index in [9.17, 15) is 4.79 Å². The minimum absolute atomic E-state index is 0.0195. The maximum Gasteiger partial charge on any atom is 0.258 e. The molecule has 0 N–H and O–H groups in total. The minimum Gasteiger partial charge on any atom is -0.492 e. The Morgan fingerprint density at radius 2 is 1.96 bits per heavy atom. The molecular formula is C23H22N2O2. The Hall–Kier alpha value is -3.14. The Bertz CT molecular complexity index is 926. The number of carbonyl (C=O) groups excluding carboxylic acids is 1. The van der Waals surface area contributed by atoms with Crippen LogP contribution in [0.3, 0.4) is 0 Å². The molecule has 4 rings (SSSR count). The van der Waals surface area contributed by atoms with Gasteiger partial charge in [0.15, 0.2) is 0 Å². The molecule has 3 aromatic rings. The van der Waals surface area contributed by atoms with Crippen molar-refractivity contribution in [3.8, 4) is 5.75 Å². The summed E-state index contributed by atoms with van der Waals surface area (Å²) in [5.41, 5.74) is 3.84. The van der Waals surface area contributed by atoms with Crippen molar-refractivity contribution in [3.05, 3.63) is 95.3 Å². The second-order valence-corrected chi connectivity index (χ2v) is 6.77. The van der Waals surface area contributed by atoms with Crippen molar-refractivity contribution in [2.75, 3.05) is 6.61 Å². The molecule has 4 heteroatoms. The van der Waals surface area contributed by atoms with Crippen LogP contribution in [0.25, 0.3) is 0 Å². The van der Waals surface area contributed by atoms with Gasteiger partial charge in [0.25, 0.3) is 5.91 Å². The van der Waals surface area contributed by atoms with E-state index in [0.717, 1.165) is 28.9 Å². The third-order valence-corrected chi connectivity index (χ3v) is 5.03. The lowest BCUT2D eigenvalue weighted by Gasteiger charge is -2.30. The fraction of sp³-hybridized carbons (Fsp3) is 0.217. The lowest BCUT2D eigenvalue weighted by molar-refractivity contribution is 0.0670. The van der Waals surface area contributed by atoms with Gasteiger partial charge in [-0.2, -0.15) is 0 Å². The molecule has 0 unspecified atom stereocenters. The van der Waals surface area contributed by atoms with Crippen molar-refractivity contribution < 1.29 is 9.53 Å². The van der Waals surface area contributed by atoms with E-state index in [2.05, 4.69) is 24.0 Å². The Kier molecular flexibility index (Phi) is 4.88. The monoisotopic (exact) mass is 358 g/mol. The van der Waals surface area contributed by atoms with Crippen LogP contribution >= 0.6 is 0 Å². The summed E-state index contributed by atoms with van der Waals surface area (Å²) in [7, 11) is 0. The summed E-state index contributed by atoms with van der Waals surface area (Å²) in [4.78, 5) is 19.6. The van der Waals surface area contributed by atoms with Crippen molar-refractivity contribution in [2.24, 2.45) is 0 Å². The fourth-order valence-electron chi connectivity index (χ4n) is 3.52.